The highest BCUT2D eigenvalue weighted by atomic mass is 16.2. The number of rotatable bonds is 6. The van der Waals surface area contributed by atoms with Crippen molar-refractivity contribution >= 4 is 11.8 Å². The van der Waals surface area contributed by atoms with Crippen molar-refractivity contribution in [2.24, 2.45) is 0 Å². The number of amides is 2. The zero-order valence-corrected chi connectivity index (χ0v) is 9.51. The Balaban J connectivity index is 3.55. The van der Waals surface area contributed by atoms with E-state index in [-0.39, 0.29) is 0 Å². The van der Waals surface area contributed by atoms with Crippen LogP contribution in [0.25, 0.3) is 0 Å². The third kappa shape index (κ3) is 7.73. The van der Waals surface area contributed by atoms with E-state index in [0.29, 0.717) is 13.1 Å². The molecule has 15 heavy (non-hydrogen) atoms. The van der Waals surface area contributed by atoms with Crippen LogP contribution in [-0.2, 0) is 9.59 Å². The van der Waals surface area contributed by atoms with Crippen molar-refractivity contribution in [1.29, 1.82) is 0 Å². The molecule has 0 aromatic heterocycles. The molecule has 0 saturated carbocycles. The van der Waals surface area contributed by atoms with Crippen molar-refractivity contribution in [2.45, 2.75) is 33.1 Å². The Morgan fingerprint density at radius 1 is 1.00 bits per heavy atom. The van der Waals surface area contributed by atoms with Crippen LogP contribution in [0, 0.1) is 0 Å². The van der Waals surface area contributed by atoms with Gasteiger partial charge in [0.15, 0.2) is 0 Å². The average Bonchev–Trinajstić information content (AvgIpc) is 2.25. The lowest BCUT2D eigenvalue weighted by Crippen LogP contribution is -2.40. The first-order chi connectivity index (χ1) is 7.22. The van der Waals surface area contributed by atoms with Crippen LogP contribution in [0.2, 0.25) is 0 Å². The fourth-order valence-electron chi connectivity index (χ4n) is 0.953. The molecule has 0 unspecified atom stereocenters. The van der Waals surface area contributed by atoms with Gasteiger partial charge >= 0.3 is 11.8 Å². The van der Waals surface area contributed by atoms with Crippen molar-refractivity contribution in [3.05, 3.63) is 12.2 Å². The van der Waals surface area contributed by atoms with Crippen LogP contribution in [-0.4, -0.2) is 24.9 Å². The van der Waals surface area contributed by atoms with Crippen LogP contribution in [0.3, 0.4) is 0 Å². The number of hydrogen-bond donors (Lipinski definition) is 2. The molecule has 0 aromatic rings. The summed E-state index contributed by atoms with van der Waals surface area (Å²) < 4.78 is 0. The van der Waals surface area contributed by atoms with Gasteiger partial charge in [-0.2, -0.15) is 0 Å². The first-order valence-electron chi connectivity index (χ1n) is 5.43. The van der Waals surface area contributed by atoms with E-state index in [9.17, 15) is 9.59 Å². The molecule has 2 N–H and O–H groups in total. The van der Waals surface area contributed by atoms with Gasteiger partial charge in [0.2, 0.25) is 0 Å². The summed E-state index contributed by atoms with van der Waals surface area (Å²) in [4.78, 5) is 22.2. The molecule has 0 aliphatic heterocycles. The Bertz CT molecular complexity index is 225. The SMILES string of the molecule is CCC=CCCNC(=O)C(=O)NCCC. The number of allylic oxidation sites excluding steroid dienone is 1. The summed E-state index contributed by atoms with van der Waals surface area (Å²) in [6.07, 6.45) is 6.61. The number of carbonyl (C=O) groups is 2. The first kappa shape index (κ1) is 13.7. The maximum atomic E-state index is 11.1. The Hall–Kier alpha value is -1.32. The van der Waals surface area contributed by atoms with Gasteiger partial charge in [0.1, 0.15) is 0 Å². The molecule has 0 fully saturated rings. The molecule has 2 amide bonds. The predicted molar refractivity (Wildman–Crippen MR) is 60.4 cm³/mol. The fourth-order valence-corrected chi connectivity index (χ4v) is 0.953. The fraction of sp³-hybridized carbons (Fsp3) is 0.636. The predicted octanol–water partition coefficient (Wildman–Crippen LogP) is 0.985. The molecule has 4 heteroatoms. The second kappa shape index (κ2) is 9.24. The van der Waals surface area contributed by atoms with Gasteiger partial charge in [-0.25, -0.2) is 0 Å². The van der Waals surface area contributed by atoms with Crippen LogP contribution in [0.15, 0.2) is 12.2 Å². The third-order valence-electron chi connectivity index (χ3n) is 1.74. The first-order valence-corrected chi connectivity index (χ1v) is 5.43. The Kier molecular flexibility index (Phi) is 8.43. The van der Waals surface area contributed by atoms with Crippen LogP contribution in [0.5, 0.6) is 0 Å². The van der Waals surface area contributed by atoms with E-state index >= 15 is 0 Å². The zero-order valence-electron chi connectivity index (χ0n) is 9.51. The number of hydrogen-bond acceptors (Lipinski definition) is 2. The highest BCUT2D eigenvalue weighted by Gasteiger charge is 2.10. The van der Waals surface area contributed by atoms with Crippen molar-refractivity contribution in [1.82, 2.24) is 10.6 Å². The zero-order chi connectivity index (χ0) is 11.5. The minimum atomic E-state index is -0.548. The lowest BCUT2D eigenvalue weighted by Gasteiger charge is -2.03. The molecule has 0 spiro atoms. The molecule has 86 valence electrons. The summed E-state index contributed by atoms with van der Waals surface area (Å²) in [5.41, 5.74) is 0. The van der Waals surface area contributed by atoms with Crippen LogP contribution < -0.4 is 10.6 Å². The topological polar surface area (TPSA) is 58.2 Å². The van der Waals surface area contributed by atoms with E-state index in [2.05, 4.69) is 10.6 Å². The lowest BCUT2D eigenvalue weighted by atomic mass is 10.3. The van der Waals surface area contributed by atoms with E-state index in [4.69, 9.17) is 0 Å². The molecule has 0 aliphatic rings. The highest BCUT2D eigenvalue weighted by molar-refractivity contribution is 6.35. The summed E-state index contributed by atoms with van der Waals surface area (Å²) in [5, 5.41) is 5.06. The van der Waals surface area contributed by atoms with E-state index in [0.717, 1.165) is 19.3 Å². The van der Waals surface area contributed by atoms with Crippen LogP contribution >= 0.6 is 0 Å². The summed E-state index contributed by atoms with van der Waals surface area (Å²) in [6, 6.07) is 0. The second-order valence-electron chi connectivity index (χ2n) is 3.18. The molecule has 0 heterocycles. The molecule has 4 nitrogen and oxygen atoms in total. The van der Waals surface area contributed by atoms with Gasteiger partial charge < -0.3 is 10.6 Å². The maximum Gasteiger partial charge on any atom is 0.309 e. The molecular formula is C11H20N2O2. The molecule has 0 bridgehead atoms. The van der Waals surface area contributed by atoms with E-state index in [1.54, 1.807) is 0 Å². The van der Waals surface area contributed by atoms with Crippen LogP contribution in [0.1, 0.15) is 33.1 Å². The molecule has 0 aliphatic carbocycles. The summed E-state index contributed by atoms with van der Waals surface area (Å²) in [7, 11) is 0. The van der Waals surface area contributed by atoms with Crippen molar-refractivity contribution in [2.75, 3.05) is 13.1 Å². The summed E-state index contributed by atoms with van der Waals surface area (Å²) >= 11 is 0. The Morgan fingerprint density at radius 2 is 1.60 bits per heavy atom. The minimum Gasteiger partial charge on any atom is -0.348 e. The van der Waals surface area contributed by atoms with Gasteiger partial charge in [-0.05, 0) is 19.3 Å². The molecule has 0 aromatic carbocycles. The monoisotopic (exact) mass is 212 g/mol. The molecule has 0 saturated heterocycles. The largest absolute Gasteiger partial charge is 0.348 e. The molecule has 0 rings (SSSR count). The third-order valence-corrected chi connectivity index (χ3v) is 1.74. The van der Waals surface area contributed by atoms with Gasteiger partial charge in [-0.3, -0.25) is 9.59 Å². The Labute approximate surface area is 91.1 Å². The lowest BCUT2D eigenvalue weighted by molar-refractivity contribution is -0.139. The van der Waals surface area contributed by atoms with Crippen molar-refractivity contribution in [3.8, 4) is 0 Å². The molecule has 0 atom stereocenters. The van der Waals surface area contributed by atoms with Crippen LogP contribution in [0.4, 0.5) is 0 Å². The van der Waals surface area contributed by atoms with E-state index in [1.165, 1.54) is 0 Å². The van der Waals surface area contributed by atoms with Gasteiger partial charge in [0.25, 0.3) is 0 Å². The van der Waals surface area contributed by atoms with Crippen molar-refractivity contribution in [3.63, 3.8) is 0 Å². The Morgan fingerprint density at radius 3 is 2.13 bits per heavy atom. The number of nitrogens with one attached hydrogen (secondary N) is 2. The maximum absolute atomic E-state index is 11.1. The molecule has 0 radical (unpaired) electrons. The van der Waals surface area contributed by atoms with Crippen molar-refractivity contribution < 1.29 is 9.59 Å². The second-order valence-corrected chi connectivity index (χ2v) is 3.18. The minimum absolute atomic E-state index is 0.509. The van der Waals surface area contributed by atoms with Gasteiger partial charge in [0.05, 0.1) is 0 Å². The van der Waals surface area contributed by atoms with E-state index in [1.807, 2.05) is 26.0 Å². The quantitative estimate of drug-likeness (QED) is 0.392. The van der Waals surface area contributed by atoms with E-state index < -0.39 is 11.8 Å². The smallest absolute Gasteiger partial charge is 0.309 e. The van der Waals surface area contributed by atoms with Gasteiger partial charge in [-0.15, -0.1) is 0 Å². The highest BCUT2D eigenvalue weighted by Crippen LogP contribution is 1.84. The number of carbonyl (C=O) groups excluding carboxylic acids is 2. The average molecular weight is 212 g/mol. The van der Waals surface area contributed by atoms with Gasteiger partial charge in [-0.1, -0.05) is 26.0 Å². The normalized spacial score (nSPS) is 10.3. The standard InChI is InChI=1S/C11H20N2O2/c1-3-5-6-7-9-13-11(15)10(14)12-8-4-2/h5-6H,3-4,7-9H2,1-2H3,(H,12,14)(H,13,15). The summed E-state index contributed by atoms with van der Waals surface area (Å²) in [6.45, 7) is 5.04. The summed E-state index contributed by atoms with van der Waals surface area (Å²) in [5.74, 6) is -1.09. The molecular weight excluding hydrogens is 192 g/mol. The van der Waals surface area contributed by atoms with Gasteiger partial charge in [0, 0.05) is 13.1 Å².